The zero-order valence-corrected chi connectivity index (χ0v) is 19.3. The smallest absolute Gasteiger partial charge is 0.160 e. The monoisotopic (exact) mass is 460 g/mol. The predicted octanol–water partition coefficient (Wildman–Crippen LogP) is 7.73. The average Bonchev–Trinajstić information content (AvgIpc) is 2.96. The van der Waals surface area contributed by atoms with Gasteiger partial charge < -0.3 is 0 Å². The molecule has 7 rings (SSSR count). The SMILES string of the molecule is c1cnc(-c2c3ccccc3c(-c3ncccn3)c3cc(-c4cccc5ccccc45)ccc23)nc1. The van der Waals surface area contributed by atoms with Gasteiger partial charge in [-0.05, 0) is 61.6 Å². The largest absolute Gasteiger partial charge is 0.237 e. The van der Waals surface area contributed by atoms with Gasteiger partial charge in [0.15, 0.2) is 11.6 Å². The van der Waals surface area contributed by atoms with Crippen LogP contribution in [0.25, 0.3) is 66.2 Å². The highest BCUT2D eigenvalue weighted by molar-refractivity contribution is 6.20. The van der Waals surface area contributed by atoms with E-state index in [1.807, 2.05) is 12.1 Å². The molecule has 0 aliphatic rings. The summed E-state index contributed by atoms with van der Waals surface area (Å²) in [5, 5.41) is 6.76. The summed E-state index contributed by atoms with van der Waals surface area (Å²) in [4.78, 5) is 18.6. The Morgan fingerprint density at radius 2 is 0.917 bits per heavy atom. The summed E-state index contributed by atoms with van der Waals surface area (Å²) >= 11 is 0. The molecule has 0 fully saturated rings. The molecule has 0 N–H and O–H groups in total. The fourth-order valence-electron chi connectivity index (χ4n) is 5.16. The van der Waals surface area contributed by atoms with Crippen LogP contribution >= 0.6 is 0 Å². The van der Waals surface area contributed by atoms with E-state index in [1.165, 1.54) is 16.3 Å². The van der Waals surface area contributed by atoms with Gasteiger partial charge >= 0.3 is 0 Å². The number of hydrogen-bond donors (Lipinski definition) is 0. The van der Waals surface area contributed by atoms with Gasteiger partial charge in [-0.15, -0.1) is 0 Å². The highest BCUT2D eigenvalue weighted by Crippen LogP contribution is 2.43. The molecular formula is C32H20N4. The van der Waals surface area contributed by atoms with Crippen molar-refractivity contribution in [3.63, 3.8) is 0 Å². The number of fused-ring (bicyclic) bond motifs is 3. The van der Waals surface area contributed by atoms with E-state index >= 15 is 0 Å². The molecule has 0 radical (unpaired) electrons. The van der Waals surface area contributed by atoms with Gasteiger partial charge in [-0.25, -0.2) is 19.9 Å². The van der Waals surface area contributed by atoms with Crippen LogP contribution in [0.3, 0.4) is 0 Å². The van der Waals surface area contributed by atoms with E-state index in [0.717, 1.165) is 38.2 Å². The van der Waals surface area contributed by atoms with Crippen molar-refractivity contribution in [2.75, 3.05) is 0 Å². The second kappa shape index (κ2) is 8.36. The summed E-state index contributed by atoms with van der Waals surface area (Å²) < 4.78 is 0. The van der Waals surface area contributed by atoms with Crippen molar-refractivity contribution in [3.05, 3.63) is 122 Å². The molecule has 0 bridgehead atoms. The summed E-state index contributed by atoms with van der Waals surface area (Å²) in [7, 11) is 0. The first-order valence-electron chi connectivity index (χ1n) is 11.9. The van der Waals surface area contributed by atoms with Crippen LogP contribution in [0.15, 0.2) is 122 Å². The molecule has 0 atom stereocenters. The number of rotatable bonds is 3. The molecule has 0 saturated carbocycles. The van der Waals surface area contributed by atoms with E-state index in [1.54, 1.807) is 24.8 Å². The second-order valence-corrected chi connectivity index (χ2v) is 8.73. The van der Waals surface area contributed by atoms with Crippen molar-refractivity contribution in [1.82, 2.24) is 19.9 Å². The fourth-order valence-corrected chi connectivity index (χ4v) is 5.16. The lowest BCUT2D eigenvalue weighted by Crippen LogP contribution is -1.96. The van der Waals surface area contributed by atoms with Gasteiger partial charge in [0.2, 0.25) is 0 Å². The lowest BCUT2D eigenvalue weighted by molar-refractivity contribution is 1.18. The third-order valence-electron chi connectivity index (χ3n) is 6.70. The topological polar surface area (TPSA) is 51.6 Å². The van der Waals surface area contributed by atoms with E-state index < -0.39 is 0 Å². The Kier molecular flexibility index (Phi) is 4.74. The maximum Gasteiger partial charge on any atom is 0.160 e. The van der Waals surface area contributed by atoms with Crippen LogP contribution in [-0.2, 0) is 0 Å². The summed E-state index contributed by atoms with van der Waals surface area (Å²) in [5.74, 6) is 1.41. The lowest BCUT2D eigenvalue weighted by atomic mass is 9.88. The Labute approximate surface area is 208 Å². The van der Waals surface area contributed by atoms with Crippen LogP contribution in [0.2, 0.25) is 0 Å². The van der Waals surface area contributed by atoms with Crippen molar-refractivity contribution >= 4 is 32.3 Å². The predicted molar refractivity (Wildman–Crippen MR) is 146 cm³/mol. The molecule has 0 aliphatic carbocycles. The zero-order chi connectivity index (χ0) is 23.9. The zero-order valence-electron chi connectivity index (χ0n) is 19.3. The number of hydrogen-bond acceptors (Lipinski definition) is 4. The van der Waals surface area contributed by atoms with Crippen LogP contribution in [0, 0.1) is 0 Å². The van der Waals surface area contributed by atoms with E-state index in [9.17, 15) is 0 Å². The average molecular weight is 461 g/mol. The van der Waals surface area contributed by atoms with E-state index in [4.69, 9.17) is 0 Å². The Hall–Kier alpha value is -4.96. The van der Waals surface area contributed by atoms with Crippen molar-refractivity contribution in [3.8, 4) is 33.9 Å². The van der Waals surface area contributed by atoms with Crippen LogP contribution in [0.1, 0.15) is 0 Å². The van der Waals surface area contributed by atoms with Crippen LogP contribution < -0.4 is 0 Å². The lowest BCUT2D eigenvalue weighted by Gasteiger charge is -2.17. The number of aromatic nitrogens is 4. The van der Waals surface area contributed by atoms with Crippen LogP contribution in [0.5, 0.6) is 0 Å². The third kappa shape index (κ3) is 3.23. The molecule has 2 aromatic heterocycles. The van der Waals surface area contributed by atoms with Crippen LogP contribution in [-0.4, -0.2) is 19.9 Å². The Balaban J connectivity index is 1.64. The van der Waals surface area contributed by atoms with E-state index in [2.05, 4.69) is 105 Å². The summed E-state index contributed by atoms with van der Waals surface area (Å²) in [5.41, 5.74) is 4.38. The minimum Gasteiger partial charge on any atom is -0.237 e. The molecule has 2 heterocycles. The minimum atomic E-state index is 0.703. The quantitative estimate of drug-likeness (QED) is 0.253. The molecule has 0 saturated heterocycles. The Bertz CT molecular complexity index is 1880. The van der Waals surface area contributed by atoms with Gasteiger partial charge in [-0.1, -0.05) is 78.9 Å². The maximum atomic E-state index is 4.66. The minimum absolute atomic E-state index is 0.703. The summed E-state index contributed by atoms with van der Waals surface area (Å²) in [6, 6.07) is 33.7. The van der Waals surface area contributed by atoms with Gasteiger partial charge in [-0.3, -0.25) is 0 Å². The van der Waals surface area contributed by atoms with Crippen molar-refractivity contribution in [2.45, 2.75) is 0 Å². The molecule has 0 spiro atoms. The first-order chi connectivity index (χ1) is 17.9. The second-order valence-electron chi connectivity index (χ2n) is 8.73. The number of benzene rings is 5. The standard InChI is InChI=1S/C32H20N4/c1-2-10-23-21(8-1)9-5-13-24(23)22-14-15-27-28(20-22)30(32-35-18-7-19-36-32)26-12-4-3-11-25(26)29(27)31-33-16-6-17-34-31/h1-20H. The van der Waals surface area contributed by atoms with E-state index in [0.29, 0.717) is 11.6 Å². The highest BCUT2D eigenvalue weighted by Gasteiger charge is 2.20. The molecule has 5 aromatic carbocycles. The molecule has 4 heteroatoms. The van der Waals surface area contributed by atoms with Crippen molar-refractivity contribution < 1.29 is 0 Å². The molecule has 168 valence electrons. The molecular weight excluding hydrogens is 440 g/mol. The van der Waals surface area contributed by atoms with Gasteiger partial charge in [-0.2, -0.15) is 0 Å². The van der Waals surface area contributed by atoms with Crippen molar-refractivity contribution in [1.29, 1.82) is 0 Å². The molecule has 7 aromatic rings. The first-order valence-corrected chi connectivity index (χ1v) is 11.9. The third-order valence-corrected chi connectivity index (χ3v) is 6.70. The summed E-state index contributed by atoms with van der Waals surface area (Å²) in [6.07, 6.45) is 7.18. The van der Waals surface area contributed by atoms with E-state index in [-0.39, 0.29) is 0 Å². The summed E-state index contributed by atoms with van der Waals surface area (Å²) in [6.45, 7) is 0. The molecule has 0 amide bonds. The van der Waals surface area contributed by atoms with Crippen LogP contribution in [0.4, 0.5) is 0 Å². The Morgan fingerprint density at radius 3 is 1.58 bits per heavy atom. The number of nitrogens with zero attached hydrogens (tertiary/aromatic N) is 4. The van der Waals surface area contributed by atoms with Crippen molar-refractivity contribution in [2.24, 2.45) is 0 Å². The fraction of sp³-hybridized carbons (Fsp3) is 0. The van der Waals surface area contributed by atoms with Gasteiger partial charge in [0.05, 0.1) is 0 Å². The van der Waals surface area contributed by atoms with Gasteiger partial charge in [0, 0.05) is 35.9 Å². The molecule has 0 unspecified atom stereocenters. The molecule has 0 aliphatic heterocycles. The highest BCUT2D eigenvalue weighted by atomic mass is 14.9. The van der Waals surface area contributed by atoms with Gasteiger partial charge in [0.25, 0.3) is 0 Å². The Morgan fingerprint density at radius 1 is 0.389 bits per heavy atom. The normalized spacial score (nSPS) is 11.3. The van der Waals surface area contributed by atoms with Gasteiger partial charge in [0.1, 0.15) is 0 Å². The molecule has 4 nitrogen and oxygen atoms in total. The maximum absolute atomic E-state index is 4.66. The first kappa shape index (κ1) is 20.4. The molecule has 36 heavy (non-hydrogen) atoms.